The van der Waals surface area contributed by atoms with E-state index in [2.05, 4.69) is 25.3 Å². The molecule has 0 radical (unpaired) electrons. The van der Waals surface area contributed by atoms with Crippen LogP contribution in [0.3, 0.4) is 0 Å². The number of aromatic nitrogens is 5. The van der Waals surface area contributed by atoms with Crippen molar-refractivity contribution < 1.29 is 4.52 Å². The van der Waals surface area contributed by atoms with Gasteiger partial charge in [-0.2, -0.15) is 10.1 Å². The van der Waals surface area contributed by atoms with Gasteiger partial charge in [0.05, 0.1) is 5.92 Å². The van der Waals surface area contributed by atoms with Gasteiger partial charge in [0, 0.05) is 0 Å². The lowest BCUT2D eigenvalue weighted by atomic mass is 10.0. The summed E-state index contributed by atoms with van der Waals surface area (Å²) >= 11 is 0. The molecule has 0 aliphatic heterocycles. The largest absolute Gasteiger partial charge is 0.338 e. The molecule has 6 heteroatoms. The Morgan fingerprint density at radius 2 is 2.06 bits per heavy atom. The van der Waals surface area contributed by atoms with E-state index in [9.17, 15) is 0 Å². The zero-order valence-corrected chi connectivity index (χ0v) is 9.74. The highest BCUT2D eigenvalue weighted by molar-refractivity contribution is 5.40. The maximum Gasteiger partial charge on any atom is 0.239 e. The van der Waals surface area contributed by atoms with Crippen molar-refractivity contribution in [3.05, 3.63) is 48.1 Å². The van der Waals surface area contributed by atoms with Crippen molar-refractivity contribution in [3.63, 3.8) is 0 Å². The molecule has 3 rings (SSSR count). The summed E-state index contributed by atoms with van der Waals surface area (Å²) < 4.78 is 5.26. The maximum atomic E-state index is 5.26. The fourth-order valence-electron chi connectivity index (χ4n) is 1.70. The summed E-state index contributed by atoms with van der Waals surface area (Å²) in [5, 5.41) is 10.3. The molecule has 0 spiro atoms. The van der Waals surface area contributed by atoms with Gasteiger partial charge in [-0.3, -0.25) is 5.10 Å². The van der Waals surface area contributed by atoms with Crippen molar-refractivity contribution in [2.45, 2.75) is 12.8 Å². The summed E-state index contributed by atoms with van der Waals surface area (Å²) in [5.74, 6) is 1.54. The van der Waals surface area contributed by atoms with Crippen LogP contribution in [0.25, 0.3) is 11.6 Å². The van der Waals surface area contributed by atoms with E-state index >= 15 is 0 Å². The Kier molecular flexibility index (Phi) is 2.60. The standard InChI is InChI=1S/C12H11N5O/c1-8(9-5-3-2-4-6-9)12-15-11(17-18-12)10-13-7-14-16-10/h2-8H,1H3,(H,13,14,16). The van der Waals surface area contributed by atoms with Gasteiger partial charge >= 0.3 is 0 Å². The summed E-state index contributed by atoms with van der Waals surface area (Å²) in [6.07, 6.45) is 1.41. The molecule has 1 N–H and O–H groups in total. The summed E-state index contributed by atoms with van der Waals surface area (Å²) in [5.41, 5.74) is 1.13. The minimum Gasteiger partial charge on any atom is -0.338 e. The zero-order chi connectivity index (χ0) is 12.4. The number of nitrogens with one attached hydrogen (secondary N) is 1. The average molecular weight is 241 g/mol. The minimum absolute atomic E-state index is 0.0513. The molecule has 90 valence electrons. The number of hydrogen-bond acceptors (Lipinski definition) is 5. The zero-order valence-electron chi connectivity index (χ0n) is 9.74. The van der Waals surface area contributed by atoms with Crippen molar-refractivity contribution >= 4 is 0 Å². The fourth-order valence-corrected chi connectivity index (χ4v) is 1.70. The Labute approximate surface area is 103 Å². The van der Waals surface area contributed by atoms with Crippen LogP contribution in [0.1, 0.15) is 24.3 Å². The highest BCUT2D eigenvalue weighted by Crippen LogP contribution is 2.23. The minimum atomic E-state index is 0.0513. The number of rotatable bonds is 3. The highest BCUT2D eigenvalue weighted by atomic mass is 16.5. The predicted octanol–water partition coefficient (Wildman–Crippen LogP) is 2.01. The monoisotopic (exact) mass is 241 g/mol. The SMILES string of the molecule is CC(c1ccccc1)c1nc(-c2ncn[nH]2)no1. The van der Waals surface area contributed by atoms with E-state index < -0.39 is 0 Å². The molecule has 0 amide bonds. The lowest BCUT2D eigenvalue weighted by Gasteiger charge is -2.05. The van der Waals surface area contributed by atoms with Crippen LogP contribution in [0.5, 0.6) is 0 Å². The van der Waals surface area contributed by atoms with E-state index in [1.54, 1.807) is 0 Å². The molecule has 0 aliphatic rings. The fraction of sp³-hybridized carbons (Fsp3) is 0.167. The van der Waals surface area contributed by atoms with Crippen LogP contribution in [0.4, 0.5) is 0 Å². The third-order valence-electron chi connectivity index (χ3n) is 2.74. The van der Waals surface area contributed by atoms with Gasteiger partial charge in [-0.25, -0.2) is 4.98 Å². The number of hydrogen-bond donors (Lipinski definition) is 1. The molecule has 2 aromatic heterocycles. The van der Waals surface area contributed by atoms with Crippen molar-refractivity contribution in [1.82, 2.24) is 25.3 Å². The van der Waals surface area contributed by atoms with Gasteiger partial charge in [-0.05, 0) is 12.5 Å². The molecule has 1 aromatic carbocycles. The molecule has 0 saturated carbocycles. The molecule has 2 heterocycles. The second kappa shape index (κ2) is 4.40. The number of nitrogens with zero attached hydrogens (tertiary/aromatic N) is 4. The van der Waals surface area contributed by atoms with Gasteiger partial charge in [0.2, 0.25) is 11.7 Å². The first-order valence-corrected chi connectivity index (χ1v) is 5.59. The lowest BCUT2D eigenvalue weighted by Crippen LogP contribution is -1.96. The molecule has 6 nitrogen and oxygen atoms in total. The van der Waals surface area contributed by atoms with Crippen LogP contribution in [0, 0.1) is 0 Å². The second-order valence-electron chi connectivity index (χ2n) is 3.92. The van der Waals surface area contributed by atoms with Crippen molar-refractivity contribution in [1.29, 1.82) is 0 Å². The van der Waals surface area contributed by atoms with Crippen LogP contribution in [-0.4, -0.2) is 25.3 Å². The van der Waals surface area contributed by atoms with E-state index in [0.29, 0.717) is 17.5 Å². The molecule has 0 saturated heterocycles. The van der Waals surface area contributed by atoms with Crippen LogP contribution in [-0.2, 0) is 0 Å². The first-order chi connectivity index (χ1) is 8.84. The van der Waals surface area contributed by atoms with Crippen LogP contribution >= 0.6 is 0 Å². The topological polar surface area (TPSA) is 80.5 Å². The van der Waals surface area contributed by atoms with Gasteiger partial charge in [-0.15, -0.1) is 0 Å². The average Bonchev–Trinajstić information content (AvgIpc) is 3.09. The number of benzene rings is 1. The normalized spacial score (nSPS) is 12.5. The molecule has 1 unspecified atom stereocenters. The van der Waals surface area contributed by atoms with Gasteiger partial charge < -0.3 is 4.52 Å². The Morgan fingerprint density at radius 3 is 2.78 bits per heavy atom. The smallest absolute Gasteiger partial charge is 0.239 e. The third-order valence-corrected chi connectivity index (χ3v) is 2.74. The quantitative estimate of drug-likeness (QED) is 0.758. The van der Waals surface area contributed by atoms with E-state index in [4.69, 9.17) is 4.52 Å². The van der Waals surface area contributed by atoms with Crippen molar-refractivity contribution in [2.75, 3.05) is 0 Å². The maximum absolute atomic E-state index is 5.26. The second-order valence-corrected chi connectivity index (χ2v) is 3.92. The molecular weight excluding hydrogens is 230 g/mol. The van der Waals surface area contributed by atoms with Gasteiger partial charge in [0.15, 0.2) is 5.82 Å². The van der Waals surface area contributed by atoms with E-state index in [1.807, 2.05) is 37.3 Å². The Bertz CT molecular complexity index is 617. The van der Waals surface area contributed by atoms with Crippen molar-refractivity contribution in [3.8, 4) is 11.6 Å². The Balaban J connectivity index is 1.90. The lowest BCUT2D eigenvalue weighted by molar-refractivity contribution is 0.370. The summed E-state index contributed by atoms with van der Waals surface area (Å²) in [4.78, 5) is 8.30. The summed E-state index contributed by atoms with van der Waals surface area (Å²) in [6, 6.07) is 10.0. The number of H-pyrrole nitrogens is 1. The molecule has 1 atom stereocenters. The van der Waals surface area contributed by atoms with Gasteiger partial charge in [0.25, 0.3) is 0 Å². The first-order valence-electron chi connectivity index (χ1n) is 5.59. The third kappa shape index (κ3) is 1.88. The predicted molar refractivity (Wildman–Crippen MR) is 63.6 cm³/mol. The summed E-state index contributed by atoms with van der Waals surface area (Å²) in [7, 11) is 0. The molecule has 0 aliphatic carbocycles. The van der Waals surface area contributed by atoms with E-state index in [-0.39, 0.29) is 5.92 Å². The number of aromatic amines is 1. The van der Waals surface area contributed by atoms with Crippen LogP contribution in [0.15, 0.2) is 41.2 Å². The first kappa shape index (κ1) is 10.6. The molecule has 0 bridgehead atoms. The highest BCUT2D eigenvalue weighted by Gasteiger charge is 2.17. The van der Waals surface area contributed by atoms with Crippen molar-refractivity contribution in [2.24, 2.45) is 0 Å². The van der Waals surface area contributed by atoms with E-state index in [1.165, 1.54) is 6.33 Å². The molecule has 3 aromatic rings. The van der Waals surface area contributed by atoms with E-state index in [0.717, 1.165) is 5.56 Å². The molecule has 18 heavy (non-hydrogen) atoms. The van der Waals surface area contributed by atoms with Gasteiger partial charge in [-0.1, -0.05) is 35.5 Å². The van der Waals surface area contributed by atoms with Crippen LogP contribution < -0.4 is 0 Å². The van der Waals surface area contributed by atoms with Gasteiger partial charge in [0.1, 0.15) is 6.33 Å². The Morgan fingerprint density at radius 1 is 1.22 bits per heavy atom. The summed E-state index contributed by atoms with van der Waals surface area (Å²) in [6.45, 7) is 2.02. The molecule has 0 fully saturated rings. The Hall–Kier alpha value is -2.50. The molecular formula is C12H11N5O. The van der Waals surface area contributed by atoms with Crippen LogP contribution in [0.2, 0.25) is 0 Å².